The Bertz CT molecular complexity index is 1570. The van der Waals surface area contributed by atoms with E-state index in [0.29, 0.717) is 29.3 Å². The van der Waals surface area contributed by atoms with Crippen LogP contribution in [0.5, 0.6) is 0 Å². The molecule has 4 atom stereocenters. The Hall–Kier alpha value is -4.10. The zero-order valence-electron chi connectivity index (χ0n) is 26.3. The van der Waals surface area contributed by atoms with Gasteiger partial charge in [-0.05, 0) is 55.4 Å². The number of imidazole rings is 1. The molecule has 0 unspecified atom stereocenters. The maximum atomic E-state index is 14.0. The van der Waals surface area contributed by atoms with Gasteiger partial charge >= 0.3 is 0 Å². The highest BCUT2D eigenvalue weighted by Gasteiger charge is 2.33. The first-order chi connectivity index (χ1) is 21.9. The van der Waals surface area contributed by atoms with E-state index in [1.54, 1.807) is 43.5 Å². The van der Waals surface area contributed by atoms with Crippen molar-refractivity contribution >= 4 is 58.5 Å². The van der Waals surface area contributed by atoms with Crippen LogP contribution in [-0.2, 0) is 25.6 Å². The molecule has 1 aliphatic rings. The molecule has 1 saturated heterocycles. The monoisotopic (exact) mass is 669 g/mol. The smallest absolute Gasteiger partial charge is 0.274 e. The van der Waals surface area contributed by atoms with Crippen molar-refractivity contribution in [3.63, 3.8) is 0 Å². The molecule has 1 aliphatic heterocycles. The Labute approximate surface area is 277 Å². The van der Waals surface area contributed by atoms with Crippen LogP contribution >= 0.6 is 23.4 Å². The average molecular weight is 670 g/mol. The lowest BCUT2D eigenvalue weighted by atomic mass is 10.0. The first-order valence-electron chi connectivity index (χ1n) is 15.1. The van der Waals surface area contributed by atoms with E-state index in [-0.39, 0.29) is 18.2 Å². The predicted octanol–water partition coefficient (Wildman–Crippen LogP) is 2.05. The van der Waals surface area contributed by atoms with Crippen LogP contribution in [0.2, 0.25) is 5.02 Å². The maximum Gasteiger partial charge on any atom is 0.274 e. The van der Waals surface area contributed by atoms with E-state index in [4.69, 9.17) is 11.6 Å². The second-order valence-corrected chi connectivity index (χ2v) is 13.1. The number of thioether (sulfide) groups is 1. The minimum Gasteiger partial charge on any atom is -0.349 e. The highest BCUT2D eigenvalue weighted by atomic mass is 35.5. The maximum absolute atomic E-state index is 14.0. The number of amides is 5. The minimum atomic E-state index is -0.978. The fourth-order valence-electron chi connectivity index (χ4n) is 5.17. The third-order valence-electron chi connectivity index (χ3n) is 7.63. The molecule has 246 valence electrons. The van der Waals surface area contributed by atoms with Gasteiger partial charge in [0, 0.05) is 18.9 Å². The Balaban J connectivity index is 1.72. The molecule has 0 bridgehead atoms. The topological polar surface area (TPSA) is 154 Å². The van der Waals surface area contributed by atoms with Gasteiger partial charge in [0.25, 0.3) is 5.91 Å². The lowest BCUT2D eigenvalue weighted by Crippen LogP contribution is -2.57. The number of pyridine rings is 1. The average Bonchev–Trinajstić information content (AvgIpc) is 3.44. The molecule has 3 heterocycles. The van der Waals surface area contributed by atoms with Gasteiger partial charge in [-0.1, -0.05) is 55.8 Å². The number of benzene rings is 1. The molecule has 14 heteroatoms. The first kappa shape index (κ1) is 34.8. The van der Waals surface area contributed by atoms with Crippen LogP contribution in [0, 0.1) is 5.92 Å². The van der Waals surface area contributed by atoms with Crippen molar-refractivity contribution in [2.24, 2.45) is 5.92 Å². The van der Waals surface area contributed by atoms with Crippen LogP contribution in [-0.4, -0.2) is 93.1 Å². The Morgan fingerprint density at radius 2 is 1.72 bits per heavy atom. The molecule has 0 aliphatic carbocycles. The summed E-state index contributed by atoms with van der Waals surface area (Å²) in [6.45, 7) is 4.65. The second kappa shape index (κ2) is 15.9. The molecule has 0 radical (unpaired) electrons. The molecule has 5 amide bonds. The summed E-state index contributed by atoms with van der Waals surface area (Å²) in [4.78, 5) is 73.5. The highest BCUT2D eigenvalue weighted by molar-refractivity contribution is 7.98. The Morgan fingerprint density at radius 3 is 2.41 bits per heavy atom. The summed E-state index contributed by atoms with van der Waals surface area (Å²) in [5.41, 5.74) is 1.46. The molecule has 1 fully saturated rings. The van der Waals surface area contributed by atoms with Gasteiger partial charge in [0.1, 0.15) is 29.5 Å². The van der Waals surface area contributed by atoms with Crippen molar-refractivity contribution in [2.45, 2.75) is 57.8 Å². The highest BCUT2D eigenvalue weighted by Crippen LogP contribution is 2.15. The number of nitrogens with one attached hydrogen (secondary N) is 4. The van der Waals surface area contributed by atoms with Crippen LogP contribution in [0.25, 0.3) is 5.65 Å². The summed E-state index contributed by atoms with van der Waals surface area (Å²) >= 11 is 7.65. The summed E-state index contributed by atoms with van der Waals surface area (Å²) in [5, 5.41) is 11.7. The lowest BCUT2D eigenvalue weighted by molar-refractivity contribution is -0.134. The number of nitrogens with zero attached hydrogens (tertiary/aromatic N) is 3. The van der Waals surface area contributed by atoms with Gasteiger partial charge in [0.2, 0.25) is 23.6 Å². The molecule has 2 aromatic heterocycles. The lowest BCUT2D eigenvalue weighted by Gasteiger charge is -2.29. The van der Waals surface area contributed by atoms with E-state index in [9.17, 15) is 24.0 Å². The number of hydrogen-bond donors (Lipinski definition) is 4. The Kier molecular flexibility index (Phi) is 12.1. The Morgan fingerprint density at radius 1 is 0.978 bits per heavy atom. The van der Waals surface area contributed by atoms with Crippen LogP contribution in [0.15, 0.2) is 54.9 Å². The summed E-state index contributed by atoms with van der Waals surface area (Å²) in [5.74, 6) is -2.38. The van der Waals surface area contributed by atoms with Gasteiger partial charge in [0.05, 0.1) is 17.6 Å². The summed E-state index contributed by atoms with van der Waals surface area (Å²) in [7, 11) is 0. The number of rotatable bonds is 7. The molecule has 0 saturated carbocycles. The van der Waals surface area contributed by atoms with E-state index in [0.717, 1.165) is 5.56 Å². The standard InChI is InChI=1S/C32H40ClN7O5S/c1-19(2)28-31(44)37-24(12-13-46-4)30(43)34-20(3)29(42)35-23(14-21-8-6-5-7-9-21)16-40(18-27(41)38-28)32(45)25-17-39-15-22(33)10-11-26(39)36-25/h5-11,15,17,19-20,23-24,28H,12-14,16,18H2,1-4H3,(H,34,43)(H,35,42)(H,37,44)(H,38,41)/t20-,23+,24-,28-/m0/s1. The second-order valence-electron chi connectivity index (χ2n) is 11.7. The van der Waals surface area contributed by atoms with Gasteiger partial charge in [-0.15, -0.1) is 0 Å². The van der Waals surface area contributed by atoms with Crippen LogP contribution in [0.1, 0.15) is 43.2 Å². The number of carbonyl (C=O) groups is 5. The molecule has 12 nitrogen and oxygen atoms in total. The third-order valence-corrected chi connectivity index (χ3v) is 8.50. The van der Waals surface area contributed by atoms with Gasteiger partial charge in [-0.2, -0.15) is 11.8 Å². The molecular weight excluding hydrogens is 630 g/mol. The van der Waals surface area contributed by atoms with E-state index in [1.807, 2.05) is 36.6 Å². The largest absolute Gasteiger partial charge is 0.349 e. The number of aromatic nitrogens is 2. The first-order valence-corrected chi connectivity index (χ1v) is 16.9. The SMILES string of the molecule is CSCC[C@@H]1NC(=O)[C@H](C(C)C)NC(=O)CN(C(=O)c2cn3cc(Cl)ccc3n2)C[C@@H](Cc2ccccc2)NC(=O)[C@H](C)NC1=O. The molecule has 0 spiro atoms. The number of hydrogen-bond acceptors (Lipinski definition) is 7. The summed E-state index contributed by atoms with van der Waals surface area (Å²) in [6.07, 6.45) is 5.70. The minimum absolute atomic E-state index is 0.0585. The normalized spacial score (nSPS) is 22.0. The van der Waals surface area contributed by atoms with Crippen molar-refractivity contribution in [1.29, 1.82) is 0 Å². The van der Waals surface area contributed by atoms with E-state index >= 15 is 0 Å². The molecule has 3 aromatic rings. The number of halogens is 1. The van der Waals surface area contributed by atoms with Crippen LogP contribution in [0.4, 0.5) is 0 Å². The number of carbonyl (C=O) groups excluding carboxylic acids is 5. The molecule has 46 heavy (non-hydrogen) atoms. The fourth-order valence-corrected chi connectivity index (χ4v) is 5.81. The van der Waals surface area contributed by atoms with Crippen molar-refractivity contribution in [3.05, 3.63) is 71.1 Å². The van der Waals surface area contributed by atoms with Gasteiger partial charge in [0.15, 0.2) is 0 Å². The van der Waals surface area contributed by atoms with Crippen molar-refractivity contribution < 1.29 is 24.0 Å². The molecule has 4 N–H and O–H groups in total. The predicted molar refractivity (Wildman–Crippen MR) is 177 cm³/mol. The zero-order valence-corrected chi connectivity index (χ0v) is 27.9. The number of fused-ring (bicyclic) bond motifs is 1. The van der Waals surface area contributed by atoms with Crippen molar-refractivity contribution in [2.75, 3.05) is 25.1 Å². The third kappa shape index (κ3) is 9.23. The van der Waals surface area contributed by atoms with Gasteiger partial charge in [-0.3, -0.25) is 24.0 Å². The summed E-state index contributed by atoms with van der Waals surface area (Å²) < 4.78 is 1.61. The van der Waals surface area contributed by atoms with Gasteiger partial charge in [-0.25, -0.2) is 4.98 Å². The van der Waals surface area contributed by atoms with Gasteiger partial charge < -0.3 is 30.6 Å². The molecule has 1 aromatic carbocycles. The van der Waals surface area contributed by atoms with E-state index in [1.165, 1.54) is 22.9 Å². The zero-order chi connectivity index (χ0) is 33.4. The van der Waals surface area contributed by atoms with Crippen LogP contribution < -0.4 is 21.3 Å². The molecule has 4 rings (SSSR count). The summed E-state index contributed by atoms with van der Waals surface area (Å²) in [6, 6.07) is 9.26. The van der Waals surface area contributed by atoms with E-state index < -0.39 is 60.2 Å². The van der Waals surface area contributed by atoms with Crippen molar-refractivity contribution in [3.8, 4) is 0 Å². The quantitative estimate of drug-likeness (QED) is 0.300. The fraction of sp³-hybridized carbons (Fsp3) is 0.438. The van der Waals surface area contributed by atoms with E-state index in [2.05, 4.69) is 26.3 Å². The van der Waals surface area contributed by atoms with Crippen LogP contribution in [0.3, 0.4) is 0 Å². The van der Waals surface area contributed by atoms with Crippen molar-refractivity contribution in [1.82, 2.24) is 35.6 Å². The molecular formula is C32H40ClN7O5S.